The number of hydrogen-bond acceptors (Lipinski definition) is 6. The molecule has 0 atom stereocenters. The Bertz CT molecular complexity index is 987. The fourth-order valence-corrected chi connectivity index (χ4v) is 2.10. The minimum absolute atomic E-state index is 0.0989. The monoisotopic (exact) mass is 353 g/mol. The predicted octanol–water partition coefficient (Wildman–Crippen LogP) is 2.64. The molecular formula is C18H16FN5O2. The molecule has 2 N–H and O–H groups in total. The average molecular weight is 353 g/mol. The first-order valence-electron chi connectivity index (χ1n) is 7.81. The van der Waals surface area contributed by atoms with Gasteiger partial charge in [0, 0.05) is 11.1 Å². The number of anilines is 1. The van der Waals surface area contributed by atoms with Gasteiger partial charge in [0.05, 0.1) is 6.21 Å². The van der Waals surface area contributed by atoms with Gasteiger partial charge in [0.25, 0.3) is 5.56 Å². The highest BCUT2D eigenvalue weighted by Crippen LogP contribution is 2.18. The van der Waals surface area contributed by atoms with E-state index in [9.17, 15) is 9.18 Å². The molecule has 0 aliphatic heterocycles. The highest BCUT2D eigenvalue weighted by molar-refractivity contribution is 5.83. The van der Waals surface area contributed by atoms with Crippen molar-refractivity contribution in [2.75, 3.05) is 5.43 Å². The minimum atomic E-state index is -0.341. The minimum Gasteiger partial charge on any atom is -0.488 e. The number of aromatic nitrogens is 3. The predicted molar refractivity (Wildman–Crippen MR) is 95.8 cm³/mol. The molecule has 0 radical (unpaired) electrons. The third-order valence-electron chi connectivity index (χ3n) is 3.49. The van der Waals surface area contributed by atoms with E-state index in [4.69, 9.17) is 4.74 Å². The summed E-state index contributed by atoms with van der Waals surface area (Å²) in [7, 11) is 0. The molecule has 0 bridgehead atoms. The van der Waals surface area contributed by atoms with E-state index in [0.29, 0.717) is 16.9 Å². The number of aryl methyl sites for hydroxylation is 1. The first kappa shape index (κ1) is 17.3. The van der Waals surface area contributed by atoms with E-state index in [-0.39, 0.29) is 29.6 Å². The number of ether oxygens (including phenoxy) is 1. The normalized spacial score (nSPS) is 10.8. The number of aromatic amines is 1. The number of hydrazone groups is 1. The molecule has 0 spiro atoms. The van der Waals surface area contributed by atoms with E-state index in [0.717, 1.165) is 0 Å². The average Bonchev–Trinajstić information content (AvgIpc) is 2.65. The zero-order valence-electron chi connectivity index (χ0n) is 13.9. The maximum Gasteiger partial charge on any atom is 0.274 e. The lowest BCUT2D eigenvalue weighted by Crippen LogP contribution is -2.15. The van der Waals surface area contributed by atoms with E-state index in [1.165, 1.54) is 12.3 Å². The van der Waals surface area contributed by atoms with Gasteiger partial charge in [-0.3, -0.25) is 9.78 Å². The maximum absolute atomic E-state index is 13.7. The van der Waals surface area contributed by atoms with Crippen LogP contribution in [0, 0.1) is 12.7 Å². The van der Waals surface area contributed by atoms with E-state index < -0.39 is 0 Å². The number of nitrogens with one attached hydrogen (secondary N) is 2. The van der Waals surface area contributed by atoms with Crippen LogP contribution in [0.5, 0.6) is 5.75 Å². The van der Waals surface area contributed by atoms with Crippen molar-refractivity contribution in [3.63, 3.8) is 0 Å². The Hall–Kier alpha value is -3.55. The molecule has 0 aliphatic carbocycles. The lowest BCUT2D eigenvalue weighted by molar-refractivity contribution is 0.299. The molecule has 0 fully saturated rings. The molecule has 2 aromatic carbocycles. The number of benzene rings is 2. The van der Waals surface area contributed by atoms with Gasteiger partial charge in [0.1, 0.15) is 23.9 Å². The summed E-state index contributed by atoms with van der Waals surface area (Å²) in [4.78, 5) is 14.0. The molecule has 0 amide bonds. The van der Waals surface area contributed by atoms with Crippen molar-refractivity contribution in [1.82, 2.24) is 15.2 Å². The lowest BCUT2D eigenvalue weighted by atomic mass is 10.2. The molecule has 3 rings (SSSR count). The summed E-state index contributed by atoms with van der Waals surface area (Å²) in [5.74, 6) is 0.355. The molecule has 0 unspecified atom stereocenters. The molecule has 3 aromatic rings. The van der Waals surface area contributed by atoms with Crippen LogP contribution >= 0.6 is 0 Å². The number of nitrogens with zero attached hydrogens (tertiary/aromatic N) is 3. The topological polar surface area (TPSA) is 92.3 Å². The van der Waals surface area contributed by atoms with Gasteiger partial charge in [-0.25, -0.2) is 9.82 Å². The van der Waals surface area contributed by atoms with Crippen LogP contribution in [-0.4, -0.2) is 21.4 Å². The van der Waals surface area contributed by atoms with Crippen LogP contribution in [0.4, 0.5) is 10.3 Å². The standard InChI is InChI=1S/C18H16FN5O2/c1-12-17(25)21-18(24-22-12)23-20-10-13-6-3-5-9-16(13)26-11-14-7-2-4-8-15(14)19/h2-10H,11H2,1H3,(H2,21,23,24,25)/b20-10+. The first-order valence-corrected chi connectivity index (χ1v) is 7.81. The molecule has 132 valence electrons. The van der Waals surface area contributed by atoms with Gasteiger partial charge in [-0.15, -0.1) is 10.2 Å². The summed E-state index contributed by atoms with van der Waals surface area (Å²) in [5.41, 5.74) is 3.67. The Morgan fingerprint density at radius 2 is 1.96 bits per heavy atom. The Kier molecular flexibility index (Phi) is 5.33. The van der Waals surface area contributed by atoms with Crippen molar-refractivity contribution in [2.24, 2.45) is 5.10 Å². The summed E-state index contributed by atoms with van der Waals surface area (Å²) in [6.07, 6.45) is 1.51. The van der Waals surface area contributed by atoms with Gasteiger partial charge in [0.15, 0.2) is 0 Å². The Labute approximate surface area is 148 Å². The summed E-state index contributed by atoms with van der Waals surface area (Å²) < 4.78 is 19.4. The van der Waals surface area contributed by atoms with Crippen LogP contribution in [0.2, 0.25) is 0 Å². The number of para-hydroxylation sites is 1. The quantitative estimate of drug-likeness (QED) is 0.525. The Morgan fingerprint density at radius 3 is 2.77 bits per heavy atom. The van der Waals surface area contributed by atoms with E-state index in [1.54, 1.807) is 37.3 Å². The number of H-pyrrole nitrogens is 1. The Balaban J connectivity index is 1.69. The molecule has 8 heteroatoms. The highest BCUT2D eigenvalue weighted by atomic mass is 19.1. The van der Waals surface area contributed by atoms with Crippen molar-refractivity contribution in [3.05, 3.63) is 81.5 Å². The van der Waals surface area contributed by atoms with Gasteiger partial charge < -0.3 is 4.74 Å². The van der Waals surface area contributed by atoms with Crippen LogP contribution in [0.15, 0.2) is 58.4 Å². The lowest BCUT2D eigenvalue weighted by Gasteiger charge is -2.09. The van der Waals surface area contributed by atoms with Gasteiger partial charge >= 0.3 is 0 Å². The molecule has 7 nitrogen and oxygen atoms in total. The fraction of sp³-hybridized carbons (Fsp3) is 0.111. The Morgan fingerprint density at radius 1 is 1.19 bits per heavy atom. The third-order valence-corrected chi connectivity index (χ3v) is 3.49. The fourth-order valence-electron chi connectivity index (χ4n) is 2.10. The van der Waals surface area contributed by atoms with Crippen molar-refractivity contribution in [1.29, 1.82) is 0 Å². The molecule has 0 aliphatic rings. The van der Waals surface area contributed by atoms with Crippen molar-refractivity contribution < 1.29 is 9.13 Å². The summed E-state index contributed by atoms with van der Waals surface area (Å²) in [6, 6.07) is 13.6. The van der Waals surface area contributed by atoms with Crippen LogP contribution in [-0.2, 0) is 6.61 Å². The number of hydrogen-bond donors (Lipinski definition) is 2. The van der Waals surface area contributed by atoms with E-state index >= 15 is 0 Å². The van der Waals surface area contributed by atoms with Gasteiger partial charge in [-0.2, -0.15) is 5.10 Å². The van der Waals surface area contributed by atoms with Crippen molar-refractivity contribution in [3.8, 4) is 5.75 Å². The molecule has 26 heavy (non-hydrogen) atoms. The highest BCUT2D eigenvalue weighted by Gasteiger charge is 2.05. The summed E-state index contributed by atoms with van der Waals surface area (Å²) in [6.45, 7) is 1.66. The van der Waals surface area contributed by atoms with Crippen LogP contribution in [0.3, 0.4) is 0 Å². The van der Waals surface area contributed by atoms with E-state index in [2.05, 4.69) is 25.7 Å². The zero-order valence-corrected chi connectivity index (χ0v) is 13.9. The second kappa shape index (κ2) is 8.02. The largest absolute Gasteiger partial charge is 0.488 e. The second-order valence-corrected chi connectivity index (χ2v) is 5.38. The molecule has 1 heterocycles. The molecular weight excluding hydrogens is 337 g/mol. The van der Waals surface area contributed by atoms with Crippen molar-refractivity contribution in [2.45, 2.75) is 13.5 Å². The van der Waals surface area contributed by atoms with E-state index in [1.807, 2.05) is 12.1 Å². The first-order chi connectivity index (χ1) is 12.6. The number of rotatable bonds is 6. The molecule has 0 saturated carbocycles. The second-order valence-electron chi connectivity index (χ2n) is 5.38. The van der Waals surface area contributed by atoms with Crippen molar-refractivity contribution >= 4 is 12.2 Å². The SMILES string of the molecule is Cc1nnc(N/N=C/c2ccccc2OCc2ccccc2F)[nH]c1=O. The number of halogens is 1. The third kappa shape index (κ3) is 4.29. The molecule has 0 saturated heterocycles. The van der Waals surface area contributed by atoms with Crippen LogP contribution < -0.4 is 15.7 Å². The summed E-state index contributed by atoms with van der Waals surface area (Å²) >= 11 is 0. The van der Waals surface area contributed by atoms with Gasteiger partial charge in [-0.05, 0) is 25.1 Å². The zero-order chi connectivity index (χ0) is 18.4. The van der Waals surface area contributed by atoms with Gasteiger partial charge in [-0.1, -0.05) is 30.3 Å². The smallest absolute Gasteiger partial charge is 0.274 e. The molecule has 1 aromatic heterocycles. The van der Waals surface area contributed by atoms with Gasteiger partial charge in [0.2, 0.25) is 5.95 Å². The maximum atomic E-state index is 13.7. The van der Waals surface area contributed by atoms with Crippen LogP contribution in [0.25, 0.3) is 0 Å². The van der Waals surface area contributed by atoms with Crippen LogP contribution in [0.1, 0.15) is 16.8 Å². The summed E-state index contributed by atoms with van der Waals surface area (Å²) in [5, 5.41) is 11.5.